The molecule has 0 aliphatic heterocycles. The molecule has 0 saturated heterocycles. The lowest BCUT2D eigenvalue weighted by molar-refractivity contribution is -0.137. The normalized spacial score (nSPS) is 12.0. The minimum absolute atomic E-state index is 0.0647. The number of carbonyl (C=O) groups is 1. The van der Waals surface area contributed by atoms with Gasteiger partial charge in [0.1, 0.15) is 5.58 Å². The number of benzene rings is 1. The van der Waals surface area contributed by atoms with E-state index in [4.69, 9.17) is 9.52 Å². The largest absolute Gasteiger partial charge is 0.475 e. The fourth-order valence-corrected chi connectivity index (χ4v) is 1.94. The summed E-state index contributed by atoms with van der Waals surface area (Å²) in [6.45, 7) is 0. The number of carboxylic acid groups (broad SMARTS) is 1. The molecule has 17 heavy (non-hydrogen) atoms. The number of rotatable bonds is 1. The summed E-state index contributed by atoms with van der Waals surface area (Å²) in [5.41, 5.74) is -0.787. The maximum absolute atomic E-state index is 12.5. The molecule has 90 valence electrons. The molecule has 2 rings (SSSR count). The van der Waals surface area contributed by atoms with E-state index in [-0.39, 0.29) is 15.4 Å². The first kappa shape index (κ1) is 12.0. The number of halogens is 4. The van der Waals surface area contributed by atoms with E-state index >= 15 is 0 Å². The molecule has 0 saturated carbocycles. The van der Waals surface area contributed by atoms with Crippen LogP contribution in [0.4, 0.5) is 13.2 Å². The van der Waals surface area contributed by atoms with Crippen LogP contribution in [0, 0.1) is 0 Å². The standard InChI is InChI=1S/C10H4BrF3O3/c11-6-3-5(10(12,13)14)1-4-2-7(9(15)16)17-8(4)6/h1-3H,(H,15,16). The van der Waals surface area contributed by atoms with Crippen LogP contribution >= 0.6 is 15.9 Å². The Hall–Kier alpha value is -1.50. The summed E-state index contributed by atoms with van der Waals surface area (Å²) in [7, 11) is 0. The van der Waals surface area contributed by atoms with E-state index in [1.165, 1.54) is 0 Å². The number of carboxylic acids is 1. The van der Waals surface area contributed by atoms with Crippen LogP contribution in [0.5, 0.6) is 0 Å². The number of alkyl halides is 3. The Labute approximate surface area is 101 Å². The van der Waals surface area contributed by atoms with E-state index in [1.54, 1.807) is 0 Å². The van der Waals surface area contributed by atoms with Gasteiger partial charge in [0.05, 0.1) is 10.0 Å². The van der Waals surface area contributed by atoms with E-state index in [0.29, 0.717) is 0 Å². The highest BCUT2D eigenvalue weighted by molar-refractivity contribution is 9.10. The van der Waals surface area contributed by atoms with E-state index in [9.17, 15) is 18.0 Å². The number of hydrogen-bond donors (Lipinski definition) is 1. The minimum atomic E-state index is -4.49. The van der Waals surface area contributed by atoms with Crippen LogP contribution in [0.2, 0.25) is 0 Å². The molecular formula is C10H4BrF3O3. The molecule has 0 aliphatic carbocycles. The fourth-order valence-electron chi connectivity index (χ4n) is 1.38. The van der Waals surface area contributed by atoms with Gasteiger partial charge in [-0.1, -0.05) is 0 Å². The second kappa shape index (κ2) is 3.76. The number of hydrogen-bond acceptors (Lipinski definition) is 2. The van der Waals surface area contributed by atoms with E-state index in [1.807, 2.05) is 0 Å². The van der Waals surface area contributed by atoms with Gasteiger partial charge in [-0.25, -0.2) is 4.79 Å². The summed E-state index contributed by atoms with van der Waals surface area (Å²) >= 11 is 2.92. The van der Waals surface area contributed by atoms with Gasteiger partial charge < -0.3 is 9.52 Å². The third kappa shape index (κ3) is 2.14. The van der Waals surface area contributed by atoms with Crippen molar-refractivity contribution in [2.24, 2.45) is 0 Å². The van der Waals surface area contributed by atoms with Crippen molar-refractivity contribution in [2.75, 3.05) is 0 Å². The van der Waals surface area contributed by atoms with Crippen molar-refractivity contribution < 1.29 is 27.5 Å². The topological polar surface area (TPSA) is 50.4 Å². The summed E-state index contributed by atoms with van der Waals surface area (Å²) in [5, 5.41) is 8.76. The molecule has 1 heterocycles. The molecule has 0 aliphatic rings. The summed E-state index contributed by atoms with van der Waals surface area (Å²) in [6.07, 6.45) is -4.49. The Balaban J connectivity index is 2.69. The second-order valence-corrected chi connectivity index (χ2v) is 4.14. The van der Waals surface area contributed by atoms with Crippen molar-refractivity contribution in [1.82, 2.24) is 0 Å². The Bertz CT molecular complexity index is 601. The van der Waals surface area contributed by atoms with Crippen LogP contribution in [0.15, 0.2) is 27.1 Å². The quantitative estimate of drug-likeness (QED) is 0.869. The smallest absolute Gasteiger partial charge is 0.416 e. The molecule has 1 aromatic heterocycles. The van der Waals surface area contributed by atoms with Crippen LogP contribution in [0.3, 0.4) is 0 Å². The molecule has 0 spiro atoms. The highest BCUT2D eigenvalue weighted by Crippen LogP contribution is 2.36. The van der Waals surface area contributed by atoms with Gasteiger partial charge in [-0.05, 0) is 34.1 Å². The van der Waals surface area contributed by atoms with Crippen molar-refractivity contribution >= 4 is 32.9 Å². The maximum Gasteiger partial charge on any atom is 0.416 e. The zero-order valence-electron chi connectivity index (χ0n) is 8.01. The highest BCUT2D eigenvalue weighted by atomic mass is 79.9. The van der Waals surface area contributed by atoms with Gasteiger partial charge in [-0.2, -0.15) is 13.2 Å². The molecule has 1 N–H and O–H groups in total. The van der Waals surface area contributed by atoms with Crippen LogP contribution < -0.4 is 0 Å². The van der Waals surface area contributed by atoms with E-state index in [2.05, 4.69) is 15.9 Å². The van der Waals surface area contributed by atoms with Gasteiger partial charge in [0.2, 0.25) is 5.76 Å². The van der Waals surface area contributed by atoms with Crippen LogP contribution in [0.1, 0.15) is 16.1 Å². The number of fused-ring (bicyclic) bond motifs is 1. The fraction of sp³-hybridized carbons (Fsp3) is 0.100. The van der Waals surface area contributed by atoms with Gasteiger partial charge in [-0.3, -0.25) is 0 Å². The van der Waals surface area contributed by atoms with Crippen molar-refractivity contribution in [3.05, 3.63) is 34.0 Å². The Morgan fingerprint density at radius 1 is 1.29 bits per heavy atom. The zero-order chi connectivity index (χ0) is 12.8. The molecule has 0 amide bonds. The van der Waals surface area contributed by atoms with Crippen molar-refractivity contribution in [2.45, 2.75) is 6.18 Å². The molecule has 0 fully saturated rings. The number of aromatic carboxylic acids is 1. The molecule has 1 aromatic carbocycles. The molecule has 0 bridgehead atoms. The average Bonchev–Trinajstić information content (AvgIpc) is 2.60. The Morgan fingerprint density at radius 3 is 2.47 bits per heavy atom. The molecule has 2 aromatic rings. The first-order chi connectivity index (χ1) is 7.79. The van der Waals surface area contributed by atoms with E-state index < -0.39 is 23.5 Å². The molecule has 0 unspecified atom stereocenters. The van der Waals surface area contributed by atoms with Gasteiger partial charge in [0.25, 0.3) is 0 Å². The lowest BCUT2D eigenvalue weighted by Gasteiger charge is -2.06. The van der Waals surface area contributed by atoms with E-state index in [0.717, 1.165) is 18.2 Å². The van der Waals surface area contributed by atoms with Gasteiger partial charge >= 0.3 is 12.1 Å². The summed E-state index contributed by atoms with van der Waals surface area (Å²) < 4.78 is 42.5. The Morgan fingerprint density at radius 2 is 1.94 bits per heavy atom. The van der Waals surface area contributed by atoms with Crippen LogP contribution in [0.25, 0.3) is 11.0 Å². The Kier molecular flexibility index (Phi) is 2.65. The summed E-state index contributed by atoms with van der Waals surface area (Å²) in [4.78, 5) is 10.6. The first-order valence-corrected chi connectivity index (χ1v) is 5.12. The van der Waals surface area contributed by atoms with Crippen LogP contribution in [-0.2, 0) is 6.18 Å². The molecule has 3 nitrogen and oxygen atoms in total. The first-order valence-electron chi connectivity index (χ1n) is 4.32. The molecular weight excluding hydrogens is 305 g/mol. The van der Waals surface area contributed by atoms with Crippen molar-refractivity contribution in [1.29, 1.82) is 0 Å². The molecule has 0 atom stereocenters. The zero-order valence-corrected chi connectivity index (χ0v) is 9.59. The third-order valence-electron chi connectivity index (χ3n) is 2.11. The van der Waals surface area contributed by atoms with Gasteiger partial charge in [-0.15, -0.1) is 0 Å². The summed E-state index contributed by atoms with van der Waals surface area (Å²) in [6, 6.07) is 2.74. The number of furan rings is 1. The van der Waals surface area contributed by atoms with Crippen molar-refractivity contribution in [3.8, 4) is 0 Å². The predicted octanol–water partition coefficient (Wildman–Crippen LogP) is 3.91. The SMILES string of the molecule is O=C(O)c1cc2cc(C(F)(F)F)cc(Br)c2o1. The molecule has 0 radical (unpaired) electrons. The minimum Gasteiger partial charge on any atom is -0.475 e. The second-order valence-electron chi connectivity index (χ2n) is 3.29. The lowest BCUT2D eigenvalue weighted by Crippen LogP contribution is -2.04. The predicted molar refractivity (Wildman–Crippen MR) is 55.9 cm³/mol. The van der Waals surface area contributed by atoms with Gasteiger partial charge in [0, 0.05) is 5.39 Å². The average molecular weight is 309 g/mol. The van der Waals surface area contributed by atoms with Crippen LogP contribution in [-0.4, -0.2) is 11.1 Å². The highest BCUT2D eigenvalue weighted by Gasteiger charge is 2.31. The lowest BCUT2D eigenvalue weighted by atomic mass is 10.1. The third-order valence-corrected chi connectivity index (χ3v) is 2.70. The maximum atomic E-state index is 12.5. The summed E-state index contributed by atoms with van der Waals surface area (Å²) in [5.74, 6) is -1.73. The van der Waals surface area contributed by atoms with Gasteiger partial charge in [0.15, 0.2) is 0 Å². The molecule has 7 heteroatoms. The van der Waals surface area contributed by atoms with Crippen molar-refractivity contribution in [3.63, 3.8) is 0 Å². The monoisotopic (exact) mass is 308 g/mol.